The van der Waals surface area contributed by atoms with Crippen molar-refractivity contribution in [2.75, 3.05) is 21.2 Å². The lowest BCUT2D eigenvalue weighted by Gasteiger charge is -2.16. The van der Waals surface area contributed by atoms with Gasteiger partial charge in [-0.05, 0) is 12.1 Å². The van der Waals surface area contributed by atoms with Crippen LogP contribution in [0.25, 0.3) is 5.69 Å². The first-order chi connectivity index (χ1) is 15.2. The van der Waals surface area contributed by atoms with Gasteiger partial charge in [-0.1, -0.05) is 23.2 Å². The van der Waals surface area contributed by atoms with E-state index in [1.54, 1.807) is 20.2 Å². The fraction of sp³-hybridized carbons (Fsp3) is 0.368. The van der Waals surface area contributed by atoms with Crippen LogP contribution in [-0.2, 0) is 21.1 Å². The molecule has 3 rings (SSSR count). The summed E-state index contributed by atoms with van der Waals surface area (Å²) in [6.07, 6.45) is -4.59. The maximum atomic E-state index is 14.5. The quantitative estimate of drug-likeness (QED) is 0.251. The van der Waals surface area contributed by atoms with E-state index >= 15 is 0 Å². The molecule has 1 aromatic heterocycles. The normalized spacial score (nSPS) is 19.4. The van der Waals surface area contributed by atoms with Gasteiger partial charge in [-0.3, -0.25) is 4.79 Å². The van der Waals surface area contributed by atoms with Gasteiger partial charge in [-0.2, -0.15) is 23.5 Å². The Balaban J connectivity index is 2.39. The molecule has 0 bridgehead atoms. The second-order valence-corrected chi connectivity index (χ2v) is 8.16. The molecule has 1 aliphatic carbocycles. The van der Waals surface area contributed by atoms with Crippen LogP contribution in [0.2, 0.25) is 10.0 Å². The van der Waals surface area contributed by atoms with Crippen LogP contribution in [0.1, 0.15) is 23.2 Å². The Morgan fingerprint density at radius 2 is 1.88 bits per heavy atom. The van der Waals surface area contributed by atoms with Gasteiger partial charge in [0.1, 0.15) is 11.8 Å². The molecule has 0 amide bonds. The summed E-state index contributed by atoms with van der Waals surface area (Å²) in [5, 5.41) is 12.4. The third-order valence-corrected chi connectivity index (χ3v) is 5.46. The maximum absolute atomic E-state index is 14.5. The topological polar surface area (TPSA) is 83.5 Å². The number of methoxy groups -OCH3 is 1. The van der Waals surface area contributed by atoms with E-state index in [0.29, 0.717) is 12.1 Å². The van der Waals surface area contributed by atoms with Crippen LogP contribution in [0.5, 0.6) is 0 Å². The van der Waals surface area contributed by atoms with E-state index in [1.165, 1.54) is 4.90 Å². The SMILES string of the molecule is COC(=O)C1(c2c(C#N)nn(-c3c(Cl)cc(C(F)(F)F)cc3Cl)c2N=CN(C)C)CC1(F)F. The summed E-state index contributed by atoms with van der Waals surface area (Å²) in [5.41, 5.74) is -5.23. The zero-order chi connectivity index (χ0) is 24.9. The average Bonchev–Trinajstić information content (AvgIpc) is 3.11. The largest absolute Gasteiger partial charge is 0.468 e. The number of carbonyl (C=O) groups excluding carboxylic acids is 1. The highest BCUT2D eigenvalue weighted by Gasteiger charge is 2.79. The minimum atomic E-state index is -4.77. The van der Waals surface area contributed by atoms with Gasteiger partial charge >= 0.3 is 12.1 Å². The fourth-order valence-electron chi connectivity index (χ4n) is 3.32. The molecule has 1 atom stereocenters. The van der Waals surface area contributed by atoms with Crippen LogP contribution in [0.4, 0.5) is 27.8 Å². The first-order valence-corrected chi connectivity index (χ1v) is 9.74. The average molecular weight is 510 g/mol. The van der Waals surface area contributed by atoms with Gasteiger partial charge in [0.05, 0.1) is 34.6 Å². The van der Waals surface area contributed by atoms with Gasteiger partial charge in [0, 0.05) is 20.5 Å². The van der Waals surface area contributed by atoms with Crippen LogP contribution >= 0.6 is 23.2 Å². The lowest BCUT2D eigenvalue weighted by Crippen LogP contribution is -2.29. The number of hydrogen-bond donors (Lipinski definition) is 0. The molecule has 7 nitrogen and oxygen atoms in total. The summed E-state index contributed by atoms with van der Waals surface area (Å²) in [6.45, 7) is 0. The first kappa shape index (κ1) is 24.7. The molecule has 1 unspecified atom stereocenters. The summed E-state index contributed by atoms with van der Waals surface area (Å²) < 4.78 is 73.8. The first-order valence-electron chi connectivity index (χ1n) is 8.98. The van der Waals surface area contributed by atoms with E-state index in [1.807, 2.05) is 0 Å². The monoisotopic (exact) mass is 509 g/mol. The molecule has 0 saturated heterocycles. The van der Waals surface area contributed by atoms with Crippen LogP contribution in [-0.4, -0.2) is 54.1 Å². The van der Waals surface area contributed by atoms with Crippen molar-refractivity contribution in [1.82, 2.24) is 14.7 Å². The number of halogens is 7. The van der Waals surface area contributed by atoms with Crippen molar-refractivity contribution < 1.29 is 31.5 Å². The number of aromatic nitrogens is 2. The van der Waals surface area contributed by atoms with Crippen LogP contribution in [0.3, 0.4) is 0 Å². The van der Waals surface area contributed by atoms with Crippen molar-refractivity contribution in [3.05, 3.63) is 39.0 Å². The predicted molar refractivity (Wildman–Crippen MR) is 108 cm³/mol. The third-order valence-electron chi connectivity index (χ3n) is 4.88. The zero-order valence-corrected chi connectivity index (χ0v) is 18.6. The molecule has 2 aromatic rings. The minimum absolute atomic E-state index is 0.344. The smallest absolute Gasteiger partial charge is 0.416 e. The molecule has 14 heteroatoms. The highest BCUT2D eigenvalue weighted by atomic mass is 35.5. The van der Waals surface area contributed by atoms with Crippen molar-refractivity contribution in [3.63, 3.8) is 0 Å². The Morgan fingerprint density at radius 1 is 1.33 bits per heavy atom. The number of hydrogen-bond acceptors (Lipinski definition) is 5. The van der Waals surface area contributed by atoms with Gasteiger partial charge in [0.15, 0.2) is 16.9 Å². The van der Waals surface area contributed by atoms with E-state index in [9.17, 15) is 32.0 Å². The minimum Gasteiger partial charge on any atom is -0.468 e. The molecule has 1 aliphatic rings. The molecule has 1 fully saturated rings. The van der Waals surface area contributed by atoms with Crippen LogP contribution in [0.15, 0.2) is 17.1 Å². The van der Waals surface area contributed by atoms with Crippen LogP contribution < -0.4 is 0 Å². The predicted octanol–water partition coefficient (Wildman–Crippen LogP) is 4.74. The highest BCUT2D eigenvalue weighted by molar-refractivity contribution is 6.38. The summed E-state index contributed by atoms with van der Waals surface area (Å²) in [6, 6.07) is 2.76. The molecule has 1 aromatic carbocycles. The molecular formula is C19H14Cl2F5N5O2. The molecule has 0 spiro atoms. The van der Waals surface area contributed by atoms with Crippen molar-refractivity contribution in [1.29, 1.82) is 5.26 Å². The van der Waals surface area contributed by atoms with Crippen LogP contribution in [0, 0.1) is 11.3 Å². The number of ether oxygens (including phenoxy) is 1. The maximum Gasteiger partial charge on any atom is 0.416 e. The van der Waals surface area contributed by atoms with Crippen molar-refractivity contribution in [3.8, 4) is 11.8 Å². The van der Waals surface area contributed by atoms with E-state index in [2.05, 4.69) is 14.8 Å². The standard InChI is InChI=1S/C19H14Cl2F5N5O2/c1-30(2)8-28-15-13(17(16(32)33-3)7-18(17,22)23)12(6-27)29-31(15)14-10(20)4-9(5-11(14)21)19(24,25)26/h4-5,8H,7H2,1-3H3. The van der Waals surface area contributed by atoms with Crippen molar-refractivity contribution >= 4 is 41.3 Å². The number of carbonyl (C=O) groups is 1. The second kappa shape index (κ2) is 8.14. The number of benzene rings is 1. The Hall–Kier alpha value is -2.91. The number of nitrogens with zero attached hydrogens (tertiary/aromatic N) is 5. The molecule has 33 heavy (non-hydrogen) atoms. The highest BCUT2D eigenvalue weighted by Crippen LogP contribution is 2.64. The van der Waals surface area contributed by atoms with E-state index in [4.69, 9.17) is 23.2 Å². The van der Waals surface area contributed by atoms with Crippen molar-refractivity contribution in [2.45, 2.75) is 23.9 Å². The van der Waals surface area contributed by atoms with E-state index < -0.39 is 62.6 Å². The Morgan fingerprint density at radius 3 is 2.27 bits per heavy atom. The third kappa shape index (κ3) is 4.00. The summed E-state index contributed by atoms with van der Waals surface area (Å²) in [5.74, 6) is -5.35. The number of esters is 1. The summed E-state index contributed by atoms with van der Waals surface area (Å²) in [7, 11) is 4.01. The zero-order valence-electron chi connectivity index (χ0n) is 17.1. The number of aliphatic imine (C=N–C) groups is 1. The van der Waals surface area contributed by atoms with Gasteiger partial charge in [0.2, 0.25) is 0 Å². The number of rotatable bonds is 5. The molecule has 1 heterocycles. The summed E-state index contributed by atoms with van der Waals surface area (Å²) >= 11 is 12.1. The fourth-order valence-corrected chi connectivity index (χ4v) is 3.96. The van der Waals surface area contributed by atoms with Gasteiger partial charge in [0.25, 0.3) is 5.92 Å². The number of alkyl halides is 5. The molecular weight excluding hydrogens is 496 g/mol. The molecule has 176 valence electrons. The Bertz CT molecular complexity index is 1180. The second-order valence-electron chi connectivity index (χ2n) is 7.34. The van der Waals surface area contributed by atoms with Gasteiger partial charge in [-0.15, -0.1) is 0 Å². The van der Waals surface area contributed by atoms with Gasteiger partial charge in [-0.25, -0.2) is 18.5 Å². The Kier molecular flexibility index (Phi) is 6.10. The lowest BCUT2D eigenvalue weighted by atomic mass is 9.94. The summed E-state index contributed by atoms with van der Waals surface area (Å²) in [4.78, 5) is 17.9. The lowest BCUT2D eigenvalue weighted by molar-refractivity contribution is -0.146. The Labute approximate surface area is 193 Å². The molecule has 0 N–H and O–H groups in total. The van der Waals surface area contributed by atoms with Crippen molar-refractivity contribution in [2.24, 2.45) is 4.99 Å². The molecule has 1 saturated carbocycles. The molecule has 0 aliphatic heterocycles. The van der Waals surface area contributed by atoms with E-state index in [0.717, 1.165) is 18.1 Å². The van der Waals surface area contributed by atoms with E-state index in [-0.39, 0.29) is 5.69 Å². The molecule has 0 radical (unpaired) electrons. The number of nitriles is 1. The van der Waals surface area contributed by atoms with Gasteiger partial charge < -0.3 is 9.64 Å².